The molecule has 2 aromatic rings. The van der Waals surface area contributed by atoms with Gasteiger partial charge in [0.05, 0.1) is 19.5 Å². The molecule has 2 unspecified atom stereocenters. The molecule has 0 radical (unpaired) electrons. The lowest BCUT2D eigenvalue weighted by Crippen LogP contribution is -2.46. The van der Waals surface area contributed by atoms with Crippen LogP contribution in [0.2, 0.25) is 0 Å². The molecule has 3 rings (SSSR count). The molecule has 1 aliphatic heterocycles. The second-order valence-corrected chi connectivity index (χ2v) is 17.2. The van der Waals surface area contributed by atoms with Crippen LogP contribution in [0.3, 0.4) is 0 Å². The minimum Gasteiger partial charge on any atom is -0.386 e. The van der Waals surface area contributed by atoms with Gasteiger partial charge in [0.1, 0.15) is 42.4 Å². The fourth-order valence-corrected chi connectivity index (χ4v) is 7.88. The molecule has 2 amide bonds. The molecule has 1 saturated heterocycles. The van der Waals surface area contributed by atoms with Gasteiger partial charge in [-0.05, 0) is 6.92 Å². The van der Waals surface area contributed by atoms with Gasteiger partial charge in [0.15, 0.2) is 17.7 Å². The van der Waals surface area contributed by atoms with Gasteiger partial charge < -0.3 is 56.0 Å². The number of amides is 2. The number of rotatable bonds is 20. The summed E-state index contributed by atoms with van der Waals surface area (Å²) in [6.07, 6.45) is -8.15. The zero-order valence-corrected chi connectivity index (χ0v) is 31.6. The Morgan fingerprint density at radius 1 is 1.06 bits per heavy atom. The number of thioether (sulfide) groups is 1. The molecule has 0 spiro atoms. The van der Waals surface area contributed by atoms with Gasteiger partial charge in [0, 0.05) is 30.7 Å². The Balaban J connectivity index is 1.52. The molecule has 53 heavy (non-hydrogen) atoms. The van der Waals surface area contributed by atoms with Gasteiger partial charge in [-0.25, -0.2) is 28.6 Å². The zero-order chi connectivity index (χ0) is 39.9. The number of nitrogens with zero attached hydrogens (tertiary/aromatic N) is 4. The Morgan fingerprint density at radius 3 is 2.36 bits per heavy atom. The first-order chi connectivity index (χ1) is 24.4. The summed E-state index contributed by atoms with van der Waals surface area (Å²) < 4.78 is 61.9. The highest BCUT2D eigenvalue weighted by Gasteiger charge is 2.50. The maximum atomic E-state index is 12.6. The summed E-state index contributed by atoms with van der Waals surface area (Å²) in [6.45, 7) is 1.62. The van der Waals surface area contributed by atoms with Crippen molar-refractivity contribution in [2.75, 3.05) is 37.8 Å². The molecular formula is C24H40N7O18P3S. The normalized spacial score (nSPS) is 22.8. The predicted molar refractivity (Wildman–Crippen MR) is 179 cm³/mol. The van der Waals surface area contributed by atoms with Crippen LogP contribution in [-0.2, 0) is 50.7 Å². The van der Waals surface area contributed by atoms with E-state index in [9.17, 15) is 57.9 Å². The van der Waals surface area contributed by atoms with E-state index in [-0.39, 0.29) is 42.2 Å². The smallest absolute Gasteiger partial charge is 0.386 e. The van der Waals surface area contributed by atoms with E-state index in [4.69, 9.17) is 24.6 Å². The van der Waals surface area contributed by atoms with Crippen molar-refractivity contribution >= 4 is 69.1 Å². The number of anilines is 1. The summed E-state index contributed by atoms with van der Waals surface area (Å²) in [6, 6.07) is 0. The summed E-state index contributed by atoms with van der Waals surface area (Å²) in [5.74, 6) is -1.33. The maximum Gasteiger partial charge on any atom is 0.481 e. The minimum atomic E-state index is -5.57. The number of ether oxygens (including phenoxy) is 1. The van der Waals surface area contributed by atoms with Crippen molar-refractivity contribution in [2.24, 2.45) is 5.41 Å². The number of aromatic nitrogens is 4. The number of hydrogen-bond acceptors (Lipinski definition) is 19. The van der Waals surface area contributed by atoms with Crippen molar-refractivity contribution in [3.63, 3.8) is 0 Å². The second-order valence-electron chi connectivity index (χ2n) is 11.9. The fourth-order valence-electron chi connectivity index (χ4n) is 4.40. The lowest BCUT2D eigenvalue weighted by Gasteiger charge is -2.30. The monoisotopic (exact) mass is 839 g/mol. The number of phosphoric ester groups is 3. The predicted octanol–water partition coefficient (Wildman–Crippen LogP) is -1.95. The van der Waals surface area contributed by atoms with Crippen LogP contribution in [0.5, 0.6) is 0 Å². The molecule has 1 aliphatic rings. The summed E-state index contributed by atoms with van der Waals surface area (Å²) in [5.41, 5.74) is 4.23. The first kappa shape index (κ1) is 44.9. The van der Waals surface area contributed by atoms with Gasteiger partial charge >= 0.3 is 23.5 Å². The Kier molecular flexibility index (Phi) is 15.6. The number of phosphoric acid groups is 3. The molecule has 8 atom stereocenters. The topological polar surface area (TPSA) is 384 Å². The molecule has 0 aliphatic carbocycles. The van der Waals surface area contributed by atoms with Crippen LogP contribution >= 0.6 is 35.2 Å². The molecule has 0 aromatic carbocycles. The first-order valence-corrected chi connectivity index (χ1v) is 20.7. The molecule has 2 aromatic heterocycles. The van der Waals surface area contributed by atoms with Crippen molar-refractivity contribution in [1.82, 2.24) is 30.2 Å². The lowest BCUT2D eigenvalue weighted by molar-refractivity contribution is -0.137. The van der Waals surface area contributed by atoms with Crippen LogP contribution in [0.15, 0.2) is 12.7 Å². The van der Waals surface area contributed by atoms with Crippen molar-refractivity contribution < 1.29 is 85.6 Å². The number of nitrogens with one attached hydrogen (secondary N) is 2. The summed E-state index contributed by atoms with van der Waals surface area (Å²) >= 11 is 0.828. The van der Waals surface area contributed by atoms with E-state index in [1.807, 2.05) is 0 Å². The standard InChI is InChI=1S/C24H40N7O18P3S/c1-12(32)23(37)53-7-6-26-14(33)4-5-27-21(36)18(35)24(2,3)9-46-52(43,44)49-51(41,42)45-8-13-17(48-50(38,39)40)16(34)22(47-13)31-11-30-15-19(25)28-10-29-20(15)31/h10-13,16-18,22,32,34-35H,4-9H2,1-3H3,(H,26,33)(H,27,36)(H,41,42)(H,43,44)(H2,25,28,29)(H2,38,39,40)/t12-,13-,16-,17-,18+,22-/m1/s1. The van der Waals surface area contributed by atoms with E-state index >= 15 is 0 Å². The average Bonchev–Trinajstić information content (AvgIpc) is 3.60. The van der Waals surface area contributed by atoms with Gasteiger partial charge in [0.25, 0.3) is 0 Å². The molecule has 0 bridgehead atoms. The lowest BCUT2D eigenvalue weighted by atomic mass is 9.87. The van der Waals surface area contributed by atoms with Crippen LogP contribution < -0.4 is 16.4 Å². The average molecular weight is 840 g/mol. The van der Waals surface area contributed by atoms with Crippen molar-refractivity contribution in [3.05, 3.63) is 12.7 Å². The van der Waals surface area contributed by atoms with E-state index in [0.717, 1.165) is 29.0 Å². The molecule has 3 heterocycles. The minimum absolute atomic E-state index is 0.0251. The molecule has 1 fully saturated rings. The van der Waals surface area contributed by atoms with E-state index in [1.165, 1.54) is 20.8 Å². The van der Waals surface area contributed by atoms with Crippen LogP contribution in [0, 0.1) is 5.41 Å². The van der Waals surface area contributed by atoms with E-state index in [1.54, 1.807) is 0 Å². The number of nitrogens with two attached hydrogens (primary N) is 1. The Bertz CT molecular complexity index is 1760. The van der Waals surface area contributed by atoms with Crippen LogP contribution in [0.1, 0.15) is 33.4 Å². The number of hydrogen-bond donors (Lipinski definition) is 10. The summed E-state index contributed by atoms with van der Waals surface area (Å²) in [5, 5.41) is 34.8. The number of imidazole rings is 1. The third-order valence-corrected chi connectivity index (χ3v) is 11.2. The second kappa shape index (κ2) is 18.4. The SMILES string of the molecule is C[C@@H](O)C(=O)SCCNC(=O)CCNC(=O)[C@H](O)C(C)(C)COP(=O)(O)OP(=O)(O)OC[C@H]1O[C@@H](n2cnc3c(N)ncnc32)[C@H](O)[C@@H]1OP(=O)(O)O. The van der Waals surface area contributed by atoms with Crippen LogP contribution in [-0.4, -0.2) is 134 Å². The van der Waals surface area contributed by atoms with E-state index in [2.05, 4.69) is 34.4 Å². The first-order valence-electron chi connectivity index (χ1n) is 15.2. The summed E-state index contributed by atoms with van der Waals surface area (Å²) in [7, 11) is -16.4. The van der Waals surface area contributed by atoms with Crippen LogP contribution in [0.4, 0.5) is 5.82 Å². The van der Waals surface area contributed by atoms with Gasteiger partial charge in [0.2, 0.25) is 16.9 Å². The quantitative estimate of drug-likeness (QED) is 0.0511. The Hall–Kier alpha value is -2.48. The van der Waals surface area contributed by atoms with E-state index < -0.39 is 95.8 Å². The van der Waals surface area contributed by atoms with Gasteiger partial charge in [-0.2, -0.15) is 4.31 Å². The number of aliphatic hydroxyl groups excluding tert-OH is 3. The maximum absolute atomic E-state index is 12.6. The number of nitrogen functional groups attached to an aromatic ring is 1. The highest BCUT2D eigenvalue weighted by molar-refractivity contribution is 8.13. The van der Waals surface area contributed by atoms with Crippen LogP contribution in [0.25, 0.3) is 11.2 Å². The zero-order valence-electron chi connectivity index (χ0n) is 28.1. The highest BCUT2D eigenvalue weighted by Crippen LogP contribution is 2.61. The van der Waals surface area contributed by atoms with Gasteiger partial charge in [-0.15, -0.1) is 0 Å². The summed E-state index contributed by atoms with van der Waals surface area (Å²) in [4.78, 5) is 86.5. The van der Waals surface area contributed by atoms with Crippen molar-refractivity contribution in [3.8, 4) is 0 Å². The third kappa shape index (κ3) is 13.4. The number of carbonyl (C=O) groups excluding carboxylic acids is 3. The highest BCUT2D eigenvalue weighted by atomic mass is 32.2. The Labute approximate surface area is 304 Å². The number of fused-ring (bicyclic) bond motifs is 1. The molecule has 300 valence electrons. The van der Waals surface area contributed by atoms with Crippen molar-refractivity contribution in [1.29, 1.82) is 0 Å². The third-order valence-electron chi connectivity index (χ3n) is 7.09. The van der Waals surface area contributed by atoms with Gasteiger partial charge in [-0.3, -0.25) is 32.5 Å². The fraction of sp³-hybridized carbons (Fsp3) is 0.667. The van der Waals surface area contributed by atoms with Gasteiger partial charge in [-0.1, -0.05) is 25.6 Å². The van der Waals surface area contributed by atoms with E-state index in [0.29, 0.717) is 0 Å². The number of carbonyl (C=O) groups is 3. The Morgan fingerprint density at radius 2 is 1.72 bits per heavy atom. The molecular weight excluding hydrogens is 799 g/mol. The van der Waals surface area contributed by atoms with Crippen molar-refractivity contribution in [2.45, 2.75) is 63.9 Å². The molecule has 0 saturated carbocycles. The molecule has 29 heteroatoms. The molecule has 25 nitrogen and oxygen atoms in total. The number of aliphatic hydroxyl groups is 3. The molecule has 11 N–H and O–H groups in total. The largest absolute Gasteiger partial charge is 0.481 e.